The zero-order valence-corrected chi connectivity index (χ0v) is 18.9. The number of nitrogens with zero attached hydrogens (tertiary/aromatic N) is 3. The Morgan fingerprint density at radius 3 is 2.40 bits per heavy atom. The molecule has 0 saturated carbocycles. The van der Waals surface area contributed by atoms with Crippen LogP contribution in [0.2, 0.25) is 0 Å². The van der Waals surface area contributed by atoms with Crippen molar-refractivity contribution in [2.75, 3.05) is 25.0 Å². The molecule has 2 N–H and O–H groups in total. The van der Waals surface area contributed by atoms with Gasteiger partial charge in [-0.15, -0.1) is 0 Å². The number of carbonyl (C=O) groups is 1. The van der Waals surface area contributed by atoms with Crippen LogP contribution < -0.4 is 10.6 Å². The number of rotatable bonds is 7. The first-order valence-electron chi connectivity index (χ1n) is 11.1. The number of fused-ring (bicyclic) bond motifs is 1. The van der Waals surface area contributed by atoms with Gasteiger partial charge in [0.15, 0.2) is 0 Å². The molecule has 2 atom stereocenters. The number of hydrogen-bond acceptors (Lipinski definition) is 4. The second-order valence-electron chi connectivity index (χ2n) is 8.94. The average molecular weight is 410 g/mol. The van der Waals surface area contributed by atoms with Crippen molar-refractivity contribution in [3.05, 3.63) is 53.5 Å². The molecule has 6 nitrogen and oxygen atoms in total. The average Bonchev–Trinajstić information content (AvgIpc) is 3.10. The summed E-state index contributed by atoms with van der Waals surface area (Å²) in [7, 11) is 0. The molecule has 30 heavy (non-hydrogen) atoms. The number of anilines is 1. The lowest BCUT2D eigenvalue weighted by molar-refractivity contribution is 0.203. The van der Waals surface area contributed by atoms with Gasteiger partial charge < -0.3 is 15.5 Å². The van der Waals surface area contributed by atoms with Gasteiger partial charge in [-0.3, -0.25) is 4.98 Å². The van der Waals surface area contributed by atoms with Crippen LogP contribution >= 0.6 is 0 Å². The summed E-state index contributed by atoms with van der Waals surface area (Å²) in [5.74, 6) is 1.11. The molecule has 6 heteroatoms. The fourth-order valence-electron chi connectivity index (χ4n) is 4.09. The molecule has 2 heterocycles. The Morgan fingerprint density at radius 1 is 1.10 bits per heavy atom. The van der Waals surface area contributed by atoms with E-state index in [1.54, 1.807) is 17.3 Å². The SMILES string of the molecule is CCN(CC)C(=O)NCCCC1c2nccnc2NC1c1ccc(C(C)(C)C)cc1. The standard InChI is InChI=1S/C24H35N5O/c1-6-29(7-2)23(30)27-14-8-9-19-20(28-22-21(19)25-15-16-26-22)17-10-12-18(13-11-17)24(3,4)5/h10-13,15-16,19-20H,6-9,14H2,1-5H3,(H,26,28)(H,27,30). The maximum absolute atomic E-state index is 12.2. The Labute approximate surface area is 180 Å². The highest BCUT2D eigenvalue weighted by molar-refractivity contribution is 5.74. The Kier molecular flexibility index (Phi) is 6.95. The minimum atomic E-state index is 0.0130. The molecule has 2 aromatic rings. The number of amides is 2. The van der Waals surface area contributed by atoms with Crippen LogP contribution in [-0.4, -0.2) is 40.5 Å². The van der Waals surface area contributed by atoms with E-state index in [9.17, 15) is 4.79 Å². The third kappa shape index (κ3) is 4.91. The maximum Gasteiger partial charge on any atom is 0.317 e. The summed E-state index contributed by atoms with van der Waals surface area (Å²) in [6.07, 6.45) is 5.33. The number of urea groups is 1. The number of aromatic nitrogens is 2. The molecule has 1 aliphatic rings. The van der Waals surface area contributed by atoms with Crippen molar-refractivity contribution >= 4 is 11.8 Å². The van der Waals surface area contributed by atoms with Crippen molar-refractivity contribution in [3.8, 4) is 0 Å². The summed E-state index contributed by atoms with van der Waals surface area (Å²) in [4.78, 5) is 23.1. The summed E-state index contributed by atoms with van der Waals surface area (Å²) in [6.45, 7) is 12.8. The first-order valence-corrected chi connectivity index (χ1v) is 11.1. The van der Waals surface area contributed by atoms with E-state index in [-0.39, 0.29) is 23.4 Å². The Balaban J connectivity index is 1.69. The molecule has 2 unspecified atom stereocenters. The van der Waals surface area contributed by atoms with Crippen LogP contribution in [0.3, 0.4) is 0 Å². The highest BCUT2D eigenvalue weighted by atomic mass is 16.2. The molecule has 0 aliphatic carbocycles. The lowest BCUT2D eigenvalue weighted by Gasteiger charge is -2.23. The van der Waals surface area contributed by atoms with Gasteiger partial charge in [-0.05, 0) is 43.2 Å². The van der Waals surface area contributed by atoms with Gasteiger partial charge in [0.05, 0.1) is 11.7 Å². The quantitative estimate of drug-likeness (QED) is 0.641. The van der Waals surface area contributed by atoms with Crippen molar-refractivity contribution in [1.29, 1.82) is 0 Å². The van der Waals surface area contributed by atoms with E-state index in [1.165, 1.54) is 11.1 Å². The molecule has 0 bridgehead atoms. The van der Waals surface area contributed by atoms with Crippen molar-refractivity contribution in [1.82, 2.24) is 20.2 Å². The minimum absolute atomic E-state index is 0.0130. The second-order valence-corrected chi connectivity index (χ2v) is 8.94. The Morgan fingerprint density at radius 2 is 1.77 bits per heavy atom. The molecular weight excluding hydrogens is 374 g/mol. The lowest BCUT2D eigenvalue weighted by atomic mass is 9.84. The summed E-state index contributed by atoms with van der Waals surface area (Å²) in [5, 5.41) is 6.62. The van der Waals surface area contributed by atoms with Crippen LogP contribution in [0.5, 0.6) is 0 Å². The van der Waals surface area contributed by atoms with Gasteiger partial charge in [0.1, 0.15) is 5.82 Å². The highest BCUT2D eigenvalue weighted by Crippen LogP contribution is 2.44. The third-order valence-corrected chi connectivity index (χ3v) is 5.93. The van der Waals surface area contributed by atoms with Crippen LogP contribution in [0.4, 0.5) is 10.6 Å². The van der Waals surface area contributed by atoms with Crippen LogP contribution in [0, 0.1) is 0 Å². The van der Waals surface area contributed by atoms with Gasteiger partial charge in [-0.25, -0.2) is 9.78 Å². The number of hydrogen-bond donors (Lipinski definition) is 2. The fourth-order valence-corrected chi connectivity index (χ4v) is 4.09. The van der Waals surface area contributed by atoms with E-state index >= 15 is 0 Å². The summed E-state index contributed by atoms with van der Waals surface area (Å²) >= 11 is 0. The highest BCUT2D eigenvalue weighted by Gasteiger charge is 2.35. The van der Waals surface area contributed by atoms with Gasteiger partial charge in [-0.2, -0.15) is 0 Å². The molecule has 1 aromatic heterocycles. The van der Waals surface area contributed by atoms with Gasteiger partial charge in [0.25, 0.3) is 0 Å². The summed E-state index contributed by atoms with van der Waals surface area (Å²) < 4.78 is 0. The molecule has 1 aromatic carbocycles. The minimum Gasteiger partial charge on any atom is -0.361 e. The molecule has 1 aliphatic heterocycles. The monoisotopic (exact) mass is 409 g/mol. The summed E-state index contributed by atoms with van der Waals surface area (Å²) in [6, 6.07) is 9.05. The maximum atomic E-state index is 12.2. The van der Waals surface area contributed by atoms with E-state index in [2.05, 4.69) is 65.6 Å². The van der Waals surface area contributed by atoms with Crippen molar-refractivity contribution < 1.29 is 4.79 Å². The Hall–Kier alpha value is -2.63. The first kappa shape index (κ1) is 22.1. The van der Waals surface area contributed by atoms with E-state index in [0.29, 0.717) is 6.54 Å². The Bertz CT molecular complexity index is 839. The smallest absolute Gasteiger partial charge is 0.317 e. The van der Waals surface area contributed by atoms with Crippen LogP contribution in [0.15, 0.2) is 36.7 Å². The second kappa shape index (κ2) is 9.45. The predicted octanol–water partition coefficient (Wildman–Crippen LogP) is 4.86. The molecule has 2 amide bonds. The zero-order chi connectivity index (χ0) is 21.7. The van der Waals surface area contributed by atoms with Crippen LogP contribution in [0.1, 0.15) is 76.2 Å². The van der Waals surface area contributed by atoms with Gasteiger partial charge in [-0.1, -0.05) is 45.0 Å². The van der Waals surface area contributed by atoms with Gasteiger partial charge >= 0.3 is 6.03 Å². The van der Waals surface area contributed by atoms with Crippen LogP contribution in [0.25, 0.3) is 0 Å². The van der Waals surface area contributed by atoms with E-state index < -0.39 is 0 Å². The first-order chi connectivity index (χ1) is 14.3. The molecule has 0 fully saturated rings. The molecule has 162 valence electrons. The number of benzene rings is 1. The number of nitrogens with one attached hydrogen (secondary N) is 2. The largest absolute Gasteiger partial charge is 0.361 e. The number of carbonyl (C=O) groups excluding carboxylic acids is 1. The normalized spacial score (nSPS) is 17.9. The lowest BCUT2D eigenvalue weighted by Crippen LogP contribution is -2.40. The van der Waals surface area contributed by atoms with Gasteiger partial charge in [0, 0.05) is 37.9 Å². The van der Waals surface area contributed by atoms with E-state index in [4.69, 9.17) is 0 Å². The van der Waals surface area contributed by atoms with E-state index in [0.717, 1.165) is 37.4 Å². The van der Waals surface area contributed by atoms with Crippen molar-refractivity contribution in [2.24, 2.45) is 0 Å². The molecule has 3 rings (SSSR count). The topological polar surface area (TPSA) is 70.2 Å². The fraction of sp³-hybridized carbons (Fsp3) is 0.542. The molecular formula is C24H35N5O. The molecule has 0 radical (unpaired) electrons. The van der Waals surface area contributed by atoms with Gasteiger partial charge in [0.2, 0.25) is 0 Å². The van der Waals surface area contributed by atoms with Crippen molar-refractivity contribution in [2.45, 2.75) is 64.8 Å². The zero-order valence-electron chi connectivity index (χ0n) is 18.9. The van der Waals surface area contributed by atoms with Crippen molar-refractivity contribution in [3.63, 3.8) is 0 Å². The van der Waals surface area contributed by atoms with Crippen LogP contribution in [-0.2, 0) is 5.41 Å². The van der Waals surface area contributed by atoms with E-state index in [1.807, 2.05) is 13.8 Å². The predicted molar refractivity (Wildman–Crippen MR) is 122 cm³/mol. The molecule has 0 spiro atoms. The molecule has 0 saturated heterocycles. The third-order valence-electron chi connectivity index (χ3n) is 5.93. The summed E-state index contributed by atoms with van der Waals surface area (Å²) in [5.41, 5.74) is 3.74.